The van der Waals surface area contributed by atoms with E-state index >= 15 is 0 Å². The molecule has 0 bridgehead atoms. The van der Waals surface area contributed by atoms with Crippen LogP contribution in [-0.2, 0) is 0 Å². The van der Waals surface area contributed by atoms with Crippen LogP contribution in [0.1, 0.15) is 32.6 Å². The Bertz CT molecular complexity index is 156. The number of hydrogen-bond acceptors (Lipinski definition) is 2. The Labute approximate surface area is 85.9 Å². The molecule has 13 heavy (non-hydrogen) atoms. The van der Waals surface area contributed by atoms with Gasteiger partial charge in [0, 0.05) is 12.2 Å². The molecule has 2 heteroatoms. The van der Waals surface area contributed by atoms with E-state index in [0.29, 0.717) is 6.42 Å². The lowest BCUT2D eigenvalue weighted by atomic mass is 10.1. The Morgan fingerprint density at radius 3 is 2.54 bits per heavy atom. The molecule has 0 aliphatic carbocycles. The molecule has 1 nitrogen and oxygen atoms in total. The molecular formula is C11H20OS. The van der Waals surface area contributed by atoms with Gasteiger partial charge in [-0.25, -0.2) is 0 Å². The summed E-state index contributed by atoms with van der Waals surface area (Å²) in [6, 6.07) is 0. The molecule has 0 spiro atoms. The monoisotopic (exact) mass is 200 g/mol. The van der Waals surface area contributed by atoms with Gasteiger partial charge in [0.25, 0.3) is 0 Å². The maximum atomic E-state index is 10.1. The third-order valence-electron chi connectivity index (χ3n) is 1.85. The molecule has 0 aromatic rings. The van der Waals surface area contributed by atoms with Crippen molar-refractivity contribution in [2.24, 2.45) is 0 Å². The van der Waals surface area contributed by atoms with Gasteiger partial charge in [0.1, 0.15) is 4.93 Å². The second kappa shape index (κ2) is 7.22. The molecule has 1 atom stereocenters. The SMILES string of the molecule is C=CCSC(O)(CC=C)CCCC. The van der Waals surface area contributed by atoms with E-state index in [2.05, 4.69) is 20.1 Å². The Morgan fingerprint density at radius 2 is 2.08 bits per heavy atom. The van der Waals surface area contributed by atoms with E-state index in [1.807, 2.05) is 6.08 Å². The van der Waals surface area contributed by atoms with Crippen molar-refractivity contribution in [3.63, 3.8) is 0 Å². The highest BCUT2D eigenvalue weighted by Gasteiger charge is 2.23. The van der Waals surface area contributed by atoms with Crippen molar-refractivity contribution in [2.45, 2.75) is 37.5 Å². The largest absolute Gasteiger partial charge is 0.379 e. The molecule has 1 unspecified atom stereocenters. The van der Waals surface area contributed by atoms with Crippen LogP contribution >= 0.6 is 11.8 Å². The summed E-state index contributed by atoms with van der Waals surface area (Å²) < 4.78 is 0. The maximum absolute atomic E-state index is 10.1. The van der Waals surface area contributed by atoms with Gasteiger partial charge < -0.3 is 5.11 Å². The fourth-order valence-corrected chi connectivity index (χ4v) is 2.08. The smallest absolute Gasteiger partial charge is 0.114 e. The van der Waals surface area contributed by atoms with Crippen LogP contribution in [0.5, 0.6) is 0 Å². The number of unbranched alkanes of at least 4 members (excludes halogenated alkanes) is 1. The van der Waals surface area contributed by atoms with Crippen molar-refractivity contribution in [1.29, 1.82) is 0 Å². The topological polar surface area (TPSA) is 20.2 Å². The van der Waals surface area contributed by atoms with Crippen molar-refractivity contribution >= 4 is 11.8 Å². The molecule has 0 fully saturated rings. The molecule has 0 aliphatic rings. The standard InChI is InChI=1S/C11H20OS/c1-4-7-9-11(12,8-5-2)13-10-6-3/h5-6,12H,2-4,7-10H2,1H3. The summed E-state index contributed by atoms with van der Waals surface area (Å²) in [6.07, 6.45) is 7.29. The molecule has 0 saturated carbocycles. The van der Waals surface area contributed by atoms with E-state index in [-0.39, 0.29) is 0 Å². The third-order valence-corrected chi connectivity index (χ3v) is 3.16. The molecule has 1 N–H and O–H groups in total. The van der Waals surface area contributed by atoms with Crippen LogP contribution in [0.4, 0.5) is 0 Å². The first-order chi connectivity index (χ1) is 6.18. The minimum Gasteiger partial charge on any atom is -0.379 e. The summed E-state index contributed by atoms with van der Waals surface area (Å²) in [5.74, 6) is 0.800. The van der Waals surface area contributed by atoms with Gasteiger partial charge in [-0.05, 0) is 12.8 Å². The van der Waals surface area contributed by atoms with Gasteiger partial charge in [-0.1, -0.05) is 25.5 Å². The lowest BCUT2D eigenvalue weighted by Gasteiger charge is -2.25. The average molecular weight is 200 g/mol. The van der Waals surface area contributed by atoms with Crippen molar-refractivity contribution in [1.82, 2.24) is 0 Å². The van der Waals surface area contributed by atoms with E-state index < -0.39 is 4.93 Å². The highest BCUT2D eigenvalue weighted by molar-refractivity contribution is 8.00. The summed E-state index contributed by atoms with van der Waals surface area (Å²) >= 11 is 1.55. The van der Waals surface area contributed by atoms with Crippen LogP contribution in [-0.4, -0.2) is 15.8 Å². The second-order valence-corrected chi connectivity index (χ2v) is 4.52. The first kappa shape index (κ1) is 12.8. The van der Waals surface area contributed by atoms with Crippen LogP contribution in [0.2, 0.25) is 0 Å². The fourth-order valence-electron chi connectivity index (χ4n) is 1.13. The van der Waals surface area contributed by atoms with Crippen molar-refractivity contribution < 1.29 is 5.11 Å². The number of aliphatic hydroxyl groups is 1. The minimum atomic E-state index is -0.619. The zero-order valence-electron chi connectivity index (χ0n) is 8.46. The zero-order chi connectivity index (χ0) is 10.2. The van der Waals surface area contributed by atoms with E-state index in [0.717, 1.165) is 25.0 Å². The minimum absolute atomic E-state index is 0.619. The predicted octanol–water partition coefficient (Wildman–Crippen LogP) is 3.36. The van der Waals surface area contributed by atoms with Crippen LogP contribution < -0.4 is 0 Å². The van der Waals surface area contributed by atoms with Gasteiger partial charge in [-0.2, -0.15) is 0 Å². The molecule has 0 rings (SSSR count). The summed E-state index contributed by atoms with van der Waals surface area (Å²) in [6.45, 7) is 9.44. The molecule has 0 amide bonds. The van der Waals surface area contributed by atoms with Gasteiger partial charge in [-0.15, -0.1) is 24.9 Å². The number of thioether (sulfide) groups is 1. The van der Waals surface area contributed by atoms with Gasteiger partial charge >= 0.3 is 0 Å². The van der Waals surface area contributed by atoms with Gasteiger partial charge in [0.15, 0.2) is 0 Å². The Morgan fingerprint density at radius 1 is 1.38 bits per heavy atom. The number of rotatable bonds is 8. The normalized spacial score (nSPS) is 14.9. The summed E-state index contributed by atoms with van der Waals surface area (Å²) in [7, 11) is 0. The van der Waals surface area contributed by atoms with Crippen LogP contribution in [0.3, 0.4) is 0 Å². The fraction of sp³-hybridized carbons (Fsp3) is 0.636. The zero-order valence-corrected chi connectivity index (χ0v) is 9.28. The molecule has 76 valence electrons. The van der Waals surface area contributed by atoms with Gasteiger partial charge in [0.2, 0.25) is 0 Å². The lowest BCUT2D eigenvalue weighted by Crippen LogP contribution is -2.23. The Kier molecular flexibility index (Phi) is 7.10. The first-order valence-electron chi connectivity index (χ1n) is 4.76. The molecular weight excluding hydrogens is 180 g/mol. The Hall–Kier alpha value is -0.210. The molecule has 0 aliphatic heterocycles. The van der Waals surface area contributed by atoms with Crippen LogP contribution in [0.25, 0.3) is 0 Å². The van der Waals surface area contributed by atoms with Crippen LogP contribution in [0, 0.1) is 0 Å². The Balaban J connectivity index is 3.97. The molecule has 0 aromatic carbocycles. The van der Waals surface area contributed by atoms with Crippen LogP contribution in [0.15, 0.2) is 25.3 Å². The van der Waals surface area contributed by atoms with E-state index in [4.69, 9.17) is 0 Å². The summed E-state index contributed by atoms with van der Waals surface area (Å²) in [4.78, 5) is -0.619. The summed E-state index contributed by atoms with van der Waals surface area (Å²) in [5, 5.41) is 10.1. The van der Waals surface area contributed by atoms with Gasteiger partial charge in [-0.3, -0.25) is 0 Å². The predicted molar refractivity (Wildman–Crippen MR) is 61.9 cm³/mol. The van der Waals surface area contributed by atoms with Crippen molar-refractivity contribution in [3.05, 3.63) is 25.3 Å². The maximum Gasteiger partial charge on any atom is 0.114 e. The highest BCUT2D eigenvalue weighted by atomic mass is 32.2. The van der Waals surface area contributed by atoms with Crippen molar-refractivity contribution in [3.8, 4) is 0 Å². The van der Waals surface area contributed by atoms with E-state index in [1.165, 1.54) is 0 Å². The third kappa shape index (κ3) is 5.94. The van der Waals surface area contributed by atoms with Gasteiger partial charge in [0.05, 0.1) is 0 Å². The van der Waals surface area contributed by atoms with Crippen molar-refractivity contribution in [2.75, 3.05) is 5.75 Å². The quantitative estimate of drug-likeness (QED) is 0.479. The number of hydrogen-bond donors (Lipinski definition) is 1. The average Bonchev–Trinajstić information content (AvgIpc) is 2.12. The second-order valence-electron chi connectivity index (χ2n) is 3.14. The molecule has 0 radical (unpaired) electrons. The lowest BCUT2D eigenvalue weighted by molar-refractivity contribution is 0.128. The molecule has 0 heterocycles. The first-order valence-corrected chi connectivity index (χ1v) is 5.75. The molecule has 0 aromatic heterocycles. The van der Waals surface area contributed by atoms with E-state index in [9.17, 15) is 5.11 Å². The molecule has 0 saturated heterocycles. The van der Waals surface area contributed by atoms with E-state index in [1.54, 1.807) is 17.8 Å². The summed E-state index contributed by atoms with van der Waals surface area (Å²) in [5.41, 5.74) is 0. The highest BCUT2D eigenvalue weighted by Crippen LogP contribution is 2.31.